The van der Waals surface area contributed by atoms with Gasteiger partial charge in [-0.05, 0) is 45.2 Å². The SMILES string of the molecule is CCC1(C(=O)C2CCCCCC2)CCNCC1. The predicted molar refractivity (Wildman–Crippen MR) is 71.0 cm³/mol. The van der Waals surface area contributed by atoms with Crippen LogP contribution in [0.1, 0.15) is 64.7 Å². The maximum absolute atomic E-state index is 12.8. The Morgan fingerprint density at radius 1 is 1.12 bits per heavy atom. The molecule has 1 saturated heterocycles. The van der Waals surface area contributed by atoms with E-state index in [4.69, 9.17) is 0 Å². The molecule has 2 nitrogen and oxygen atoms in total. The summed E-state index contributed by atoms with van der Waals surface area (Å²) in [7, 11) is 0. The van der Waals surface area contributed by atoms with Gasteiger partial charge >= 0.3 is 0 Å². The van der Waals surface area contributed by atoms with Gasteiger partial charge in [-0.3, -0.25) is 4.79 Å². The summed E-state index contributed by atoms with van der Waals surface area (Å²) in [6, 6.07) is 0. The maximum Gasteiger partial charge on any atom is 0.142 e. The van der Waals surface area contributed by atoms with E-state index >= 15 is 0 Å². The third kappa shape index (κ3) is 2.90. The highest BCUT2D eigenvalue weighted by Gasteiger charge is 2.40. The highest BCUT2D eigenvalue weighted by molar-refractivity contribution is 5.87. The van der Waals surface area contributed by atoms with Gasteiger partial charge in [-0.1, -0.05) is 32.6 Å². The van der Waals surface area contributed by atoms with E-state index in [2.05, 4.69) is 12.2 Å². The summed E-state index contributed by atoms with van der Waals surface area (Å²) in [6.45, 7) is 4.28. The number of nitrogens with one attached hydrogen (secondary N) is 1. The minimum Gasteiger partial charge on any atom is -0.317 e. The van der Waals surface area contributed by atoms with Crippen LogP contribution in [0.3, 0.4) is 0 Å². The summed E-state index contributed by atoms with van der Waals surface area (Å²) >= 11 is 0. The van der Waals surface area contributed by atoms with E-state index in [1.807, 2.05) is 0 Å². The van der Waals surface area contributed by atoms with Crippen LogP contribution < -0.4 is 5.32 Å². The second kappa shape index (κ2) is 5.99. The molecule has 0 amide bonds. The van der Waals surface area contributed by atoms with Crippen LogP contribution in [-0.4, -0.2) is 18.9 Å². The van der Waals surface area contributed by atoms with Gasteiger partial charge in [-0.15, -0.1) is 0 Å². The van der Waals surface area contributed by atoms with Gasteiger partial charge in [0.25, 0.3) is 0 Å². The van der Waals surface area contributed by atoms with Gasteiger partial charge in [-0.25, -0.2) is 0 Å². The Labute approximate surface area is 106 Å². The van der Waals surface area contributed by atoms with Crippen molar-refractivity contribution in [1.82, 2.24) is 5.32 Å². The molecular weight excluding hydrogens is 210 g/mol. The minimum atomic E-state index is 0.0280. The zero-order chi connectivity index (χ0) is 12.1. The molecule has 2 fully saturated rings. The number of ketones is 1. The van der Waals surface area contributed by atoms with E-state index in [1.165, 1.54) is 25.7 Å². The molecule has 0 aromatic rings. The number of piperidine rings is 1. The number of rotatable bonds is 3. The van der Waals surface area contributed by atoms with E-state index in [0.29, 0.717) is 11.7 Å². The molecule has 0 bridgehead atoms. The smallest absolute Gasteiger partial charge is 0.142 e. The van der Waals surface area contributed by atoms with Crippen LogP contribution in [-0.2, 0) is 4.79 Å². The molecule has 98 valence electrons. The Morgan fingerprint density at radius 3 is 2.24 bits per heavy atom. The van der Waals surface area contributed by atoms with Crippen LogP contribution in [0.2, 0.25) is 0 Å². The monoisotopic (exact) mass is 237 g/mol. The molecule has 17 heavy (non-hydrogen) atoms. The second-order valence-electron chi connectivity index (χ2n) is 5.94. The summed E-state index contributed by atoms with van der Waals surface area (Å²) in [5.74, 6) is 0.999. The van der Waals surface area contributed by atoms with Crippen LogP contribution in [0.5, 0.6) is 0 Å². The van der Waals surface area contributed by atoms with Crippen molar-refractivity contribution in [3.05, 3.63) is 0 Å². The molecule has 0 atom stereocenters. The van der Waals surface area contributed by atoms with Gasteiger partial charge in [0.1, 0.15) is 5.78 Å². The average molecular weight is 237 g/mol. The number of carbonyl (C=O) groups is 1. The molecule has 1 N–H and O–H groups in total. The first-order valence-corrected chi connectivity index (χ1v) is 7.53. The molecule has 0 spiro atoms. The Morgan fingerprint density at radius 2 is 1.71 bits per heavy atom. The quantitative estimate of drug-likeness (QED) is 0.763. The molecule has 2 aliphatic rings. The van der Waals surface area contributed by atoms with Crippen molar-refractivity contribution < 1.29 is 4.79 Å². The molecule has 0 unspecified atom stereocenters. The molecule has 2 heteroatoms. The number of carbonyl (C=O) groups excluding carboxylic acids is 1. The van der Waals surface area contributed by atoms with Gasteiger partial charge in [0.2, 0.25) is 0 Å². The third-order valence-electron chi connectivity index (χ3n) is 4.99. The Bertz CT molecular complexity index is 248. The summed E-state index contributed by atoms with van der Waals surface area (Å²) < 4.78 is 0. The highest BCUT2D eigenvalue weighted by Crippen LogP contribution is 2.39. The first kappa shape index (κ1) is 13.1. The topological polar surface area (TPSA) is 29.1 Å². The minimum absolute atomic E-state index is 0.0280. The number of Topliss-reactive ketones (excluding diaryl/α,β-unsaturated/α-hetero) is 1. The lowest BCUT2D eigenvalue weighted by molar-refractivity contribution is -0.135. The summed E-state index contributed by atoms with van der Waals surface area (Å²) in [5.41, 5.74) is 0.0280. The van der Waals surface area contributed by atoms with Crippen LogP contribution in [0, 0.1) is 11.3 Å². The molecule has 1 aliphatic carbocycles. The Hall–Kier alpha value is -0.370. The maximum atomic E-state index is 12.8. The number of hydrogen-bond acceptors (Lipinski definition) is 2. The van der Waals surface area contributed by atoms with Crippen molar-refractivity contribution in [3.63, 3.8) is 0 Å². The summed E-state index contributed by atoms with van der Waals surface area (Å²) in [4.78, 5) is 12.8. The van der Waals surface area contributed by atoms with E-state index < -0.39 is 0 Å². The molecule has 1 heterocycles. The van der Waals surface area contributed by atoms with Crippen molar-refractivity contribution in [2.45, 2.75) is 64.7 Å². The van der Waals surface area contributed by atoms with Gasteiger partial charge in [0.15, 0.2) is 0 Å². The lowest BCUT2D eigenvalue weighted by Crippen LogP contribution is -2.44. The van der Waals surface area contributed by atoms with E-state index in [9.17, 15) is 4.79 Å². The van der Waals surface area contributed by atoms with E-state index in [0.717, 1.165) is 45.2 Å². The van der Waals surface area contributed by atoms with Crippen LogP contribution in [0.25, 0.3) is 0 Å². The molecule has 2 rings (SSSR count). The fraction of sp³-hybridized carbons (Fsp3) is 0.933. The van der Waals surface area contributed by atoms with Crippen molar-refractivity contribution in [2.24, 2.45) is 11.3 Å². The zero-order valence-corrected chi connectivity index (χ0v) is 11.3. The standard InChI is InChI=1S/C15H27NO/c1-2-15(9-11-16-12-10-15)14(17)13-7-5-3-4-6-8-13/h13,16H,2-12H2,1H3. The molecular formula is C15H27NO. The summed E-state index contributed by atoms with van der Waals surface area (Å²) in [6.07, 6.45) is 10.7. The summed E-state index contributed by atoms with van der Waals surface area (Å²) in [5, 5.41) is 3.39. The van der Waals surface area contributed by atoms with Crippen LogP contribution >= 0.6 is 0 Å². The van der Waals surface area contributed by atoms with Crippen LogP contribution in [0.4, 0.5) is 0 Å². The van der Waals surface area contributed by atoms with Gasteiger partial charge < -0.3 is 5.32 Å². The fourth-order valence-electron chi connectivity index (χ4n) is 3.65. The van der Waals surface area contributed by atoms with E-state index in [1.54, 1.807) is 0 Å². The fourth-order valence-corrected chi connectivity index (χ4v) is 3.65. The molecule has 0 aromatic carbocycles. The Kier molecular flexibility index (Phi) is 4.61. The normalized spacial score (nSPS) is 26.4. The van der Waals surface area contributed by atoms with Gasteiger partial charge in [0.05, 0.1) is 0 Å². The molecule has 1 aliphatic heterocycles. The third-order valence-corrected chi connectivity index (χ3v) is 4.99. The zero-order valence-electron chi connectivity index (χ0n) is 11.3. The number of hydrogen-bond donors (Lipinski definition) is 1. The van der Waals surface area contributed by atoms with Crippen molar-refractivity contribution >= 4 is 5.78 Å². The predicted octanol–water partition coefficient (Wildman–Crippen LogP) is 3.31. The first-order chi connectivity index (χ1) is 8.28. The Balaban J connectivity index is 2.04. The van der Waals surface area contributed by atoms with Crippen molar-refractivity contribution in [1.29, 1.82) is 0 Å². The van der Waals surface area contributed by atoms with Gasteiger partial charge in [-0.2, -0.15) is 0 Å². The average Bonchev–Trinajstić information content (AvgIpc) is 2.67. The molecule has 0 radical (unpaired) electrons. The second-order valence-corrected chi connectivity index (χ2v) is 5.94. The lowest BCUT2D eigenvalue weighted by Gasteiger charge is -2.38. The van der Waals surface area contributed by atoms with Gasteiger partial charge in [0, 0.05) is 11.3 Å². The molecule has 1 saturated carbocycles. The van der Waals surface area contributed by atoms with Crippen molar-refractivity contribution in [3.8, 4) is 0 Å². The lowest BCUT2D eigenvalue weighted by atomic mass is 9.68. The molecule has 0 aromatic heterocycles. The first-order valence-electron chi connectivity index (χ1n) is 7.53. The van der Waals surface area contributed by atoms with E-state index in [-0.39, 0.29) is 5.41 Å². The highest BCUT2D eigenvalue weighted by atomic mass is 16.1. The van der Waals surface area contributed by atoms with Crippen molar-refractivity contribution in [2.75, 3.05) is 13.1 Å². The van der Waals surface area contributed by atoms with Crippen LogP contribution in [0.15, 0.2) is 0 Å². The largest absolute Gasteiger partial charge is 0.317 e.